The quantitative estimate of drug-likeness (QED) is 0.193. The van der Waals surface area contributed by atoms with Gasteiger partial charge in [-0.05, 0) is 74.5 Å². The molecule has 0 radical (unpaired) electrons. The van der Waals surface area contributed by atoms with Crippen LogP contribution in [-0.2, 0) is 34.0 Å². The molecule has 282 valence electrons. The maximum absolute atomic E-state index is 14.3. The van der Waals surface area contributed by atoms with E-state index in [2.05, 4.69) is 20.5 Å². The van der Waals surface area contributed by atoms with E-state index < -0.39 is 68.7 Å². The number of hydrogen-bond acceptors (Lipinski definition) is 9. The second-order valence-corrected chi connectivity index (χ2v) is 16.8. The van der Waals surface area contributed by atoms with Gasteiger partial charge < -0.3 is 25.1 Å². The molecule has 7 rings (SSSR count). The van der Waals surface area contributed by atoms with Gasteiger partial charge in [0.05, 0.1) is 18.0 Å². The molecule has 2 aliphatic heterocycles. The molecule has 2 aromatic carbocycles. The number of nitrogens with one attached hydrogen (secondary N) is 3. The number of benzene rings is 2. The molecular weight excluding hydrogens is 699 g/mol. The number of rotatable bonds is 9. The number of ether oxygens (including phenoxy) is 1. The van der Waals surface area contributed by atoms with E-state index in [9.17, 15) is 27.6 Å². The van der Waals surface area contributed by atoms with E-state index in [1.54, 1.807) is 6.21 Å². The number of allylic oxidation sites excluding steroid dienone is 1. The molecule has 0 bridgehead atoms. The van der Waals surface area contributed by atoms with Crippen molar-refractivity contribution in [3.63, 3.8) is 0 Å². The fraction of sp³-hybridized carbons (Fsp3) is 0.513. The Morgan fingerprint density at radius 2 is 1.66 bits per heavy atom. The van der Waals surface area contributed by atoms with Gasteiger partial charge >= 0.3 is 6.09 Å². The third-order valence-corrected chi connectivity index (χ3v) is 12.7. The van der Waals surface area contributed by atoms with E-state index in [-0.39, 0.29) is 25.5 Å². The van der Waals surface area contributed by atoms with Crippen LogP contribution in [0.4, 0.5) is 4.79 Å². The summed E-state index contributed by atoms with van der Waals surface area (Å²) in [7, 11) is -3.87. The first-order valence-electron chi connectivity index (χ1n) is 18.8. The van der Waals surface area contributed by atoms with E-state index >= 15 is 0 Å². The summed E-state index contributed by atoms with van der Waals surface area (Å²) >= 11 is 0. The van der Waals surface area contributed by atoms with Gasteiger partial charge in [0.1, 0.15) is 29.8 Å². The summed E-state index contributed by atoms with van der Waals surface area (Å²) in [5, 5.41) is 9.22. The van der Waals surface area contributed by atoms with Crippen molar-refractivity contribution in [1.82, 2.24) is 20.3 Å². The lowest BCUT2D eigenvalue weighted by Gasteiger charge is -2.30. The van der Waals surface area contributed by atoms with Crippen molar-refractivity contribution >= 4 is 40.1 Å². The summed E-state index contributed by atoms with van der Waals surface area (Å²) in [4.78, 5) is 62.2. The Hall–Kier alpha value is -4.72. The first-order chi connectivity index (χ1) is 25.6. The number of sulfonamides is 1. The highest BCUT2D eigenvalue weighted by Gasteiger charge is 2.62. The van der Waals surface area contributed by atoms with Crippen LogP contribution in [0.1, 0.15) is 82.6 Å². The lowest BCUT2D eigenvalue weighted by atomic mass is 9.96. The standard InChI is InChI=1S/C39H47N5O8S/c45-35-34-22-31(52-40-24-26-16-18-28(19-17-26)27-10-5-4-6-11-27)25-44(34)36(46)33(41-38(48)51-30-13-9-14-30)15-8-3-1-2-7-12-29-23-39(29,42-35)37(47)43-53(49,50)32-20-21-32/h4-7,10-12,16-19,24,29-34H,1-3,8-9,13-15,20-23,25H2,(H,41,48)(H,42,45)(H,43,47)/b12-7-,40-24+/t29-,31-,33+,34+,39?/m1/s1. The van der Waals surface area contributed by atoms with Crippen molar-refractivity contribution in [1.29, 1.82) is 0 Å². The van der Waals surface area contributed by atoms with Gasteiger partial charge in [0.15, 0.2) is 0 Å². The van der Waals surface area contributed by atoms with Gasteiger partial charge in [-0.25, -0.2) is 13.2 Å². The predicted molar refractivity (Wildman–Crippen MR) is 197 cm³/mol. The monoisotopic (exact) mass is 745 g/mol. The highest BCUT2D eigenvalue weighted by Crippen LogP contribution is 2.46. The summed E-state index contributed by atoms with van der Waals surface area (Å²) < 4.78 is 33.3. The third kappa shape index (κ3) is 8.75. The molecule has 13 nitrogen and oxygen atoms in total. The molecule has 3 saturated carbocycles. The molecule has 4 fully saturated rings. The van der Waals surface area contributed by atoms with E-state index in [1.165, 1.54) is 4.90 Å². The number of oxime groups is 1. The number of carbonyl (C=O) groups is 4. The van der Waals surface area contributed by atoms with E-state index in [0.717, 1.165) is 48.8 Å². The summed E-state index contributed by atoms with van der Waals surface area (Å²) in [6, 6.07) is 15.8. The topological polar surface area (TPSA) is 173 Å². The number of fused-ring (bicyclic) bond motifs is 2. The van der Waals surface area contributed by atoms with Crippen LogP contribution in [0.2, 0.25) is 0 Å². The van der Waals surface area contributed by atoms with Gasteiger partial charge in [0.25, 0.3) is 5.91 Å². The smallest absolute Gasteiger partial charge is 0.408 e. The maximum Gasteiger partial charge on any atom is 0.408 e. The zero-order valence-corrected chi connectivity index (χ0v) is 30.5. The minimum Gasteiger partial charge on any atom is -0.446 e. The number of nitrogens with zero attached hydrogens (tertiary/aromatic N) is 2. The minimum atomic E-state index is -3.87. The van der Waals surface area contributed by atoms with Gasteiger partial charge in [0, 0.05) is 12.3 Å². The molecule has 14 heteroatoms. The van der Waals surface area contributed by atoms with Crippen LogP contribution < -0.4 is 15.4 Å². The van der Waals surface area contributed by atoms with E-state index in [4.69, 9.17) is 9.57 Å². The fourth-order valence-corrected chi connectivity index (χ4v) is 8.59. The zero-order valence-electron chi connectivity index (χ0n) is 29.7. The zero-order chi connectivity index (χ0) is 37.0. The van der Waals surface area contributed by atoms with Crippen molar-refractivity contribution in [2.75, 3.05) is 6.54 Å². The Bertz CT molecular complexity index is 1840. The normalized spacial score (nSPS) is 28.6. The van der Waals surface area contributed by atoms with E-state index in [1.807, 2.05) is 66.7 Å². The van der Waals surface area contributed by atoms with Crippen molar-refractivity contribution in [3.05, 3.63) is 72.3 Å². The molecule has 1 unspecified atom stereocenters. The van der Waals surface area contributed by atoms with E-state index in [0.29, 0.717) is 32.1 Å². The summed E-state index contributed by atoms with van der Waals surface area (Å²) in [6.07, 6.45) is 11.0. The van der Waals surface area contributed by atoms with Crippen LogP contribution in [-0.4, -0.2) is 85.0 Å². The average Bonchev–Trinajstić information content (AvgIpc) is 4.06. The first kappa shape index (κ1) is 36.6. The summed E-state index contributed by atoms with van der Waals surface area (Å²) in [6.45, 7) is 0.00957. The number of carbonyl (C=O) groups excluding carboxylic acids is 4. The lowest BCUT2D eigenvalue weighted by molar-refractivity contribution is -0.141. The molecule has 5 aliphatic rings. The van der Waals surface area contributed by atoms with Gasteiger partial charge in [-0.1, -0.05) is 84.7 Å². The molecule has 2 aromatic rings. The predicted octanol–water partition coefficient (Wildman–Crippen LogP) is 4.32. The van der Waals surface area contributed by atoms with Crippen LogP contribution in [0.5, 0.6) is 0 Å². The van der Waals surface area contributed by atoms with Crippen molar-refractivity contribution in [3.8, 4) is 11.1 Å². The number of amides is 4. The molecule has 1 saturated heterocycles. The van der Waals surface area contributed by atoms with Crippen LogP contribution >= 0.6 is 0 Å². The molecule has 5 atom stereocenters. The average molecular weight is 746 g/mol. The van der Waals surface area contributed by atoms with Crippen LogP contribution in [0.25, 0.3) is 11.1 Å². The Labute approximate surface area is 310 Å². The Morgan fingerprint density at radius 3 is 2.38 bits per heavy atom. The Morgan fingerprint density at radius 1 is 0.906 bits per heavy atom. The highest BCUT2D eigenvalue weighted by atomic mass is 32.2. The third-order valence-electron chi connectivity index (χ3n) is 10.9. The highest BCUT2D eigenvalue weighted by molar-refractivity contribution is 7.91. The van der Waals surface area contributed by atoms with Crippen LogP contribution in [0.3, 0.4) is 0 Å². The second-order valence-electron chi connectivity index (χ2n) is 14.9. The van der Waals surface area contributed by atoms with Gasteiger partial charge in [-0.3, -0.25) is 19.1 Å². The van der Waals surface area contributed by atoms with Crippen molar-refractivity contribution in [2.45, 2.75) is 112 Å². The maximum atomic E-state index is 14.3. The Kier molecular flexibility index (Phi) is 10.9. The first-order valence-corrected chi connectivity index (χ1v) is 20.3. The molecule has 0 aromatic heterocycles. The Balaban J connectivity index is 1.10. The van der Waals surface area contributed by atoms with Gasteiger partial charge in [0.2, 0.25) is 21.8 Å². The summed E-state index contributed by atoms with van der Waals surface area (Å²) in [5.41, 5.74) is 1.46. The van der Waals surface area contributed by atoms with Gasteiger partial charge in [-0.2, -0.15) is 0 Å². The summed E-state index contributed by atoms with van der Waals surface area (Å²) in [5.74, 6) is -2.25. The van der Waals surface area contributed by atoms with Crippen molar-refractivity contribution in [2.24, 2.45) is 11.1 Å². The van der Waals surface area contributed by atoms with Crippen LogP contribution in [0.15, 0.2) is 71.9 Å². The molecular formula is C39H47N5O8S. The molecule has 4 amide bonds. The molecule has 2 heterocycles. The fourth-order valence-electron chi connectivity index (χ4n) is 7.22. The van der Waals surface area contributed by atoms with Gasteiger partial charge in [-0.15, -0.1) is 0 Å². The largest absolute Gasteiger partial charge is 0.446 e. The second kappa shape index (κ2) is 15.7. The number of alkyl carbamates (subject to hydrolysis) is 1. The van der Waals surface area contributed by atoms with Crippen molar-refractivity contribution < 1.29 is 37.2 Å². The van der Waals surface area contributed by atoms with Crippen LogP contribution in [0, 0.1) is 5.92 Å². The molecule has 3 aliphatic carbocycles. The number of hydrogen-bond donors (Lipinski definition) is 3. The lowest BCUT2D eigenvalue weighted by Crippen LogP contribution is -2.58. The molecule has 3 N–H and O–H groups in total. The minimum absolute atomic E-state index is 0.00957. The molecule has 0 spiro atoms. The SMILES string of the molecule is O=C(N[C@H]1CCCCC/C=C\[C@@H]2CC2(C(=O)NS(=O)(=O)C2CC2)NC(=O)[C@@H]2C[C@@H](O/N=C/c3ccc(-c4ccccc4)cc3)CN2C1=O)OC1CCC1. The molecule has 53 heavy (non-hydrogen) atoms.